The molecule has 1 fully saturated rings. The molecule has 5 nitrogen and oxygen atoms in total. The molecule has 2 heterocycles. The second-order valence-corrected chi connectivity index (χ2v) is 6.36. The topological polar surface area (TPSA) is 47.4 Å². The minimum Gasteiger partial charge on any atom is -0.497 e. The highest BCUT2D eigenvalue weighted by Gasteiger charge is 2.34. The van der Waals surface area contributed by atoms with Gasteiger partial charge in [-0.2, -0.15) is 5.10 Å². The van der Waals surface area contributed by atoms with Crippen molar-refractivity contribution in [2.24, 2.45) is 5.92 Å². The van der Waals surface area contributed by atoms with Crippen LogP contribution in [0.5, 0.6) is 5.75 Å². The molecule has 120 valence electrons. The molecule has 2 aliphatic rings. The zero-order valence-corrected chi connectivity index (χ0v) is 13.4. The Bertz CT molecular complexity index is 716. The number of carbonyl (C=O) groups excluding carboxylic acids is 1. The minimum atomic E-state index is 0.285. The summed E-state index contributed by atoms with van der Waals surface area (Å²) >= 11 is 0. The zero-order valence-electron chi connectivity index (χ0n) is 13.4. The largest absolute Gasteiger partial charge is 0.497 e. The first-order chi connectivity index (χ1) is 11.3. The first-order valence-electron chi connectivity index (χ1n) is 8.25. The lowest BCUT2D eigenvalue weighted by Crippen LogP contribution is -2.31. The van der Waals surface area contributed by atoms with Crippen molar-refractivity contribution < 1.29 is 9.53 Å². The molecule has 1 saturated carbocycles. The van der Waals surface area contributed by atoms with Gasteiger partial charge in [0.1, 0.15) is 5.75 Å². The van der Waals surface area contributed by atoms with Gasteiger partial charge in [0.05, 0.1) is 19.0 Å². The Labute approximate surface area is 135 Å². The van der Waals surface area contributed by atoms with Crippen LogP contribution >= 0.6 is 0 Å². The molecule has 0 atom stereocenters. The number of nitrogens with zero attached hydrogens (tertiary/aromatic N) is 3. The van der Waals surface area contributed by atoms with E-state index in [9.17, 15) is 4.79 Å². The maximum Gasteiger partial charge on any atom is 0.225 e. The van der Waals surface area contributed by atoms with Crippen molar-refractivity contribution in [2.75, 3.05) is 13.7 Å². The lowest BCUT2D eigenvalue weighted by molar-refractivity contribution is -0.133. The molecule has 1 aromatic heterocycles. The predicted octanol–water partition coefficient (Wildman–Crippen LogP) is 2.57. The summed E-state index contributed by atoms with van der Waals surface area (Å²) in [4.78, 5) is 14.4. The van der Waals surface area contributed by atoms with E-state index in [-0.39, 0.29) is 5.92 Å². The van der Waals surface area contributed by atoms with Gasteiger partial charge in [-0.25, -0.2) is 4.68 Å². The molecule has 23 heavy (non-hydrogen) atoms. The van der Waals surface area contributed by atoms with Crippen LogP contribution in [0.3, 0.4) is 0 Å². The van der Waals surface area contributed by atoms with Crippen molar-refractivity contribution in [1.29, 1.82) is 0 Å². The van der Waals surface area contributed by atoms with Crippen molar-refractivity contribution in [3.63, 3.8) is 0 Å². The average molecular weight is 311 g/mol. The molecule has 1 aliphatic carbocycles. The van der Waals surface area contributed by atoms with Crippen molar-refractivity contribution >= 4 is 5.91 Å². The molecule has 1 aromatic carbocycles. The molecular formula is C18H21N3O2. The second kappa shape index (κ2) is 5.72. The lowest BCUT2D eigenvalue weighted by Gasteiger charge is -2.19. The van der Waals surface area contributed by atoms with E-state index in [0.717, 1.165) is 43.7 Å². The van der Waals surface area contributed by atoms with Gasteiger partial charge in [0, 0.05) is 30.3 Å². The van der Waals surface area contributed by atoms with E-state index in [1.54, 1.807) is 7.11 Å². The van der Waals surface area contributed by atoms with E-state index in [4.69, 9.17) is 4.74 Å². The molecule has 0 radical (unpaired) electrons. The van der Waals surface area contributed by atoms with Gasteiger partial charge in [-0.1, -0.05) is 0 Å². The summed E-state index contributed by atoms with van der Waals surface area (Å²) in [5, 5.41) is 4.56. The van der Waals surface area contributed by atoms with Crippen molar-refractivity contribution in [3.8, 4) is 11.4 Å². The molecule has 0 spiro atoms. The van der Waals surface area contributed by atoms with Crippen LogP contribution in [0.15, 0.2) is 30.5 Å². The normalized spacial score (nSPS) is 17.5. The fourth-order valence-electron chi connectivity index (χ4n) is 3.25. The fourth-order valence-corrected chi connectivity index (χ4v) is 3.25. The van der Waals surface area contributed by atoms with Gasteiger partial charge in [-0.05, 0) is 49.9 Å². The Morgan fingerprint density at radius 3 is 2.74 bits per heavy atom. The van der Waals surface area contributed by atoms with Gasteiger partial charge < -0.3 is 9.64 Å². The standard InChI is InChI=1S/C18H21N3O2/c1-23-16-8-6-15(7-9-16)21-17-3-2-10-20(12-14(17)11-19-21)18(22)13-4-5-13/h6-9,11,13H,2-5,10,12H2,1H3. The molecule has 0 bridgehead atoms. The average Bonchev–Trinajstić information content (AvgIpc) is 3.39. The summed E-state index contributed by atoms with van der Waals surface area (Å²) in [7, 11) is 1.67. The lowest BCUT2D eigenvalue weighted by atomic mass is 10.2. The molecule has 0 unspecified atom stereocenters. The number of amides is 1. The molecular weight excluding hydrogens is 290 g/mol. The van der Waals surface area contributed by atoms with E-state index in [1.165, 1.54) is 11.3 Å². The Morgan fingerprint density at radius 2 is 2.04 bits per heavy atom. The Morgan fingerprint density at radius 1 is 1.26 bits per heavy atom. The van der Waals surface area contributed by atoms with Crippen LogP contribution in [0.2, 0.25) is 0 Å². The predicted molar refractivity (Wildman–Crippen MR) is 86.6 cm³/mol. The van der Waals surface area contributed by atoms with Crippen LogP contribution < -0.4 is 4.74 Å². The third-order valence-corrected chi connectivity index (χ3v) is 4.71. The number of fused-ring (bicyclic) bond motifs is 1. The third kappa shape index (κ3) is 2.71. The smallest absolute Gasteiger partial charge is 0.225 e. The SMILES string of the molecule is COc1ccc(-n2ncc3c2CCCN(C(=O)C2CC2)C3)cc1. The van der Waals surface area contributed by atoms with Crippen molar-refractivity contribution in [3.05, 3.63) is 41.7 Å². The summed E-state index contributed by atoms with van der Waals surface area (Å²) in [6, 6.07) is 7.93. The molecule has 5 heteroatoms. The summed E-state index contributed by atoms with van der Waals surface area (Å²) < 4.78 is 7.21. The Kier molecular flexibility index (Phi) is 3.56. The Hall–Kier alpha value is -2.30. The van der Waals surface area contributed by atoms with Crippen LogP contribution in [0.1, 0.15) is 30.5 Å². The number of aromatic nitrogens is 2. The highest BCUT2D eigenvalue weighted by Crippen LogP contribution is 2.32. The van der Waals surface area contributed by atoms with E-state index in [1.807, 2.05) is 40.0 Å². The van der Waals surface area contributed by atoms with Gasteiger partial charge in [0.25, 0.3) is 0 Å². The summed E-state index contributed by atoms with van der Waals surface area (Å²) in [6.07, 6.45) is 5.99. The van der Waals surface area contributed by atoms with Crippen molar-refractivity contribution in [2.45, 2.75) is 32.2 Å². The highest BCUT2D eigenvalue weighted by atomic mass is 16.5. The van der Waals surface area contributed by atoms with E-state index in [2.05, 4.69) is 5.10 Å². The quantitative estimate of drug-likeness (QED) is 0.875. The summed E-state index contributed by atoms with van der Waals surface area (Å²) in [6.45, 7) is 1.55. The molecule has 1 amide bonds. The van der Waals surface area contributed by atoms with Crippen molar-refractivity contribution in [1.82, 2.24) is 14.7 Å². The third-order valence-electron chi connectivity index (χ3n) is 4.71. The first kappa shape index (κ1) is 14.3. The number of carbonyl (C=O) groups is 1. The summed E-state index contributed by atoms with van der Waals surface area (Å²) in [5.74, 6) is 1.46. The maximum atomic E-state index is 12.4. The number of benzene rings is 1. The minimum absolute atomic E-state index is 0.285. The van der Waals surface area contributed by atoms with Crippen LogP contribution in [0.4, 0.5) is 0 Å². The first-order valence-corrected chi connectivity index (χ1v) is 8.25. The van der Waals surface area contributed by atoms with Crippen LogP contribution in [-0.2, 0) is 17.8 Å². The number of hydrogen-bond donors (Lipinski definition) is 0. The van der Waals surface area contributed by atoms with Crippen LogP contribution in [0, 0.1) is 5.92 Å². The van der Waals surface area contributed by atoms with Crippen LogP contribution in [-0.4, -0.2) is 34.2 Å². The monoisotopic (exact) mass is 311 g/mol. The van der Waals surface area contributed by atoms with Gasteiger partial charge in [-0.3, -0.25) is 4.79 Å². The van der Waals surface area contributed by atoms with Gasteiger partial charge in [0.15, 0.2) is 0 Å². The summed E-state index contributed by atoms with van der Waals surface area (Å²) in [5.41, 5.74) is 3.43. The highest BCUT2D eigenvalue weighted by molar-refractivity contribution is 5.81. The molecule has 2 aromatic rings. The number of methoxy groups -OCH3 is 1. The fraction of sp³-hybridized carbons (Fsp3) is 0.444. The van der Waals surface area contributed by atoms with Crippen LogP contribution in [0.25, 0.3) is 5.69 Å². The van der Waals surface area contributed by atoms with E-state index >= 15 is 0 Å². The molecule has 0 N–H and O–H groups in total. The second-order valence-electron chi connectivity index (χ2n) is 6.36. The number of rotatable bonds is 3. The molecule has 4 rings (SSSR count). The molecule has 1 aliphatic heterocycles. The van der Waals surface area contributed by atoms with E-state index in [0.29, 0.717) is 12.5 Å². The van der Waals surface area contributed by atoms with Gasteiger partial charge in [-0.15, -0.1) is 0 Å². The number of hydrogen-bond acceptors (Lipinski definition) is 3. The van der Waals surface area contributed by atoms with E-state index < -0.39 is 0 Å². The molecule has 0 saturated heterocycles. The van der Waals surface area contributed by atoms with Gasteiger partial charge >= 0.3 is 0 Å². The van der Waals surface area contributed by atoms with Gasteiger partial charge in [0.2, 0.25) is 5.91 Å². The number of ether oxygens (including phenoxy) is 1. The zero-order chi connectivity index (χ0) is 15.8. The Balaban J connectivity index is 1.61. The maximum absolute atomic E-state index is 12.4.